The molecule has 0 N–H and O–H groups in total. The Morgan fingerprint density at radius 1 is 1.03 bits per heavy atom. The first-order valence-electron chi connectivity index (χ1n) is 10.7. The zero-order valence-corrected chi connectivity index (χ0v) is 18.4. The second kappa shape index (κ2) is 9.30. The Hall–Kier alpha value is -2.91. The van der Waals surface area contributed by atoms with Crippen molar-refractivity contribution in [2.45, 2.75) is 18.1 Å². The van der Waals surface area contributed by atoms with Crippen molar-refractivity contribution in [3.8, 4) is 5.69 Å². The van der Waals surface area contributed by atoms with Crippen molar-refractivity contribution in [2.75, 3.05) is 43.5 Å². The molecule has 1 aromatic heterocycles. The van der Waals surface area contributed by atoms with E-state index in [0.29, 0.717) is 56.2 Å². The van der Waals surface area contributed by atoms with Crippen LogP contribution in [0.2, 0.25) is 0 Å². The second-order valence-electron chi connectivity index (χ2n) is 7.82. The van der Waals surface area contributed by atoms with Gasteiger partial charge in [0.1, 0.15) is 5.82 Å². The molecule has 2 aliphatic heterocycles. The van der Waals surface area contributed by atoms with Crippen LogP contribution in [0.3, 0.4) is 0 Å². The zero-order chi connectivity index (χ0) is 21.9. The van der Waals surface area contributed by atoms with Crippen molar-refractivity contribution < 1.29 is 13.9 Å². The molecule has 1 saturated heterocycles. The predicted octanol–water partition coefficient (Wildman–Crippen LogP) is 2.92. The van der Waals surface area contributed by atoms with E-state index in [-0.39, 0.29) is 17.5 Å². The van der Waals surface area contributed by atoms with Gasteiger partial charge in [-0.3, -0.25) is 9.36 Å². The van der Waals surface area contributed by atoms with Gasteiger partial charge in [0.2, 0.25) is 11.9 Å². The number of benzene rings is 2. The van der Waals surface area contributed by atoms with Gasteiger partial charge in [0.25, 0.3) is 0 Å². The van der Waals surface area contributed by atoms with Gasteiger partial charge in [0.05, 0.1) is 24.7 Å². The van der Waals surface area contributed by atoms with Crippen molar-refractivity contribution in [2.24, 2.45) is 0 Å². The molecule has 2 aliphatic rings. The Balaban J connectivity index is 1.35. The minimum atomic E-state index is -0.330. The number of fused-ring (bicyclic) bond motifs is 1. The first kappa shape index (κ1) is 21.0. The van der Waals surface area contributed by atoms with Crippen molar-refractivity contribution in [3.05, 3.63) is 65.5 Å². The van der Waals surface area contributed by atoms with Gasteiger partial charge in [-0.05, 0) is 35.7 Å². The van der Waals surface area contributed by atoms with E-state index in [2.05, 4.69) is 27.2 Å². The Bertz CT molecular complexity index is 1120. The highest BCUT2D eigenvalue weighted by Gasteiger charge is 2.24. The number of hydrogen-bond acceptors (Lipinski definition) is 6. The first-order valence-corrected chi connectivity index (χ1v) is 11.7. The molecule has 0 bridgehead atoms. The van der Waals surface area contributed by atoms with Crippen molar-refractivity contribution >= 4 is 23.6 Å². The van der Waals surface area contributed by atoms with E-state index in [9.17, 15) is 9.18 Å². The average molecular weight is 454 g/mol. The predicted molar refractivity (Wildman–Crippen MR) is 121 cm³/mol. The second-order valence-corrected chi connectivity index (χ2v) is 8.76. The molecular formula is C23H24FN5O2S. The highest BCUT2D eigenvalue weighted by Crippen LogP contribution is 2.28. The van der Waals surface area contributed by atoms with Crippen LogP contribution < -0.4 is 4.90 Å². The van der Waals surface area contributed by atoms with E-state index in [4.69, 9.17) is 4.74 Å². The van der Waals surface area contributed by atoms with Crippen molar-refractivity contribution in [3.63, 3.8) is 0 Å². The Kier molecular flexibility index (Phi) is 6.09. The maximum atomic E-state index is 14.0. The SMILES string of the molecule is O=C(CSc1nnc(N2CCOCC2)n1-c1cccc(F)c1)N1CCc2ccccc2C1. The molecule has 0 aliphatic carbocycles. The third kappa shape index (κ3) is 4.35. The van der Waals surface area contributed by atoms with E-state index in [1.165, 1.54) is 35.0 Å². The molecule has 32 heavy (non-hydrogen) atoms. The lowest BCUT2D eigenvalue weighted by atomic mass is 10.00. The quantitative estimate of drug-likeness (QED) is 0.554. The summed E-state index contributed by atoms with van der Waals surface area (Å²) in [5.41, 5.74) is 3.15. The molecule has 3 heterocycles. The minimum Gasteiger partial charge on any atom is -0.378 e. The zero-order valence-electron chi connectivity index (χ0n) is 17.6. The summed E-state index contributed by atoms with van der Waals surface area (Å²) < 4.78 is 21.3. The first-order chi connectivity index (χ1) is 15.7. The number of halogens is 1. The smallest absolute Gasteiger partial charge is 0.233 e. The van der Waals surface area contributed by atoms with Gasteiger partial charge >= 0.3 is 0 Å². The molecule has 2 aromatic carbocycles. The summed E-state index contributed by atoms with van der Waals surface area (Å²) >= 11 is 1.33. The molecule has 5 rings (SSSR count). The summed E-state index contributed by atoms with van der Waals surface area (Å²) in [7, 11) is 0. The number of rotatable bonds is 5. The summed E-state index contributed by atoms with van der Waals surface area (Å²) in [5.74, 6) is 0.619. The van der Waals surface area contributed by atoms with E-state index >= 15 is 0 Å². The van der Waals surface area contributed by atoms with E-state index in [1.54, 1.807) is 6.07 Å². The van der Waals surface area contributed by atoms with Crippen LogP contribution in [0.1, 0.15) is 11.1 Å². The number of morpholine rings is 1. The normalized spacial score (nSPS) is 16.2. The van der Waals surface area contributed by atoms with Crippen molar-refractivity contribution in [1.29, 1.82) is 0 Å². The highest BCUT2D eigenvalue weighted by molar-refractivity contribution is 7.99. The maximum Gasteiger partial charge on any atom is 0.233 e. The molecule has 0 radical (unpaired) electrons. The molecule has 1 amide bonds. The van der Waals surface area contributed by atoms with Crippen LogP contribution in [-0.2, 0) is 22.5 Å². The van der Waals surface area contributed by atoms with Gasteiger partial charge in [0.15, 0.2) is 5.16 Å². The number of aromatic nitrogens is 3. The standard InChI is InChI=1S/C23H24FN5O2S/c24-19-6-3-7-20(14-19)29-22(27-10-12-31-13-11-27)25-26-23(29)32-16-21(30)28-9-8-17-4-1-2-5-18(17)15-28/h1-7,14H,8-13,15-16H2. The van der Waals surface area contributed by atoms with Crippen LogP contribution in [0.4, 0.5) is 10.3 Å². The number of carbonyl (C=O) groups excluding carboxylic acids is 1. The number of anilines is 1. The third-order valence-corrected chi connectivity index (χ3v) is 6.70. The topological polar surface area (TPSA) is 63.5 Å². The van der Waals surface area contributed by atoms with Crippen LogP contribution in [0, 0.1) is 5.82 Å². The maximum absolute atomic E-state index is 14.0. The van der Waals surface area contributed by atoms with Crippen LogP contribution in [0.15, 0.2) is 53.7 Å². The van der Waals surface area contributed by atoms with Crippen LogP contribution in [0.5, 0.6) is 0 Å². The van der Waals surface area contributed by atoms with Gasteiger partial charge in [-0.15, -0.1) is 10.2 Å². The number of hydrogen-bond donors (Lipinski definition) is 0. The van der Waals surface area contributed by atoms with Crippen LogP contribution in [-0.4, -0.2) is 64.2 Å². The van der Waals surface area contributed by atoms with E-state index in [0.717, 1.165) is 6.42 Å². The Morgan fingerprint density at radius 2 is 1.84 bits per heavy atom. The number of thioether (sulfide) groups is 1. The fraction of sp³-hybridized carbons (Fsp3) is 0.348. The fourth-order valence-electron chi connectivity index (χ4n) is 4.09. The van der Waals surface area contributed by atoms with E-state index in [1.807, 2.05) is 27.7 Å². The summed E-state index contributed by atoms with van der Waals surface area (Å²) in [6.45, 7) is 3.92. The molecule has 0 saturated carbocycles. The van der Waals surface area contributed by atoms with Gasteiger partial charge in [-0.25, -0.2) is 4.39 Å². The largest absolute Gasteiger partial charge is 0.378 e. The summed E-state index contributed by atoms with van der Waals surface area (Å²) in [6.07, 6.45) is 0.868. The Morgan fingerprint density at radius 3 is 2.66 bits per heavy atom. The fourth-order valence-corrected chi connectivity index (χ4v) is 4.94. The summed E-state index contributed by atoms with van der Waals surface area (Å²) in [6, 6.07) is 14.6. The van der Waals surface area contributed by atoms with E-state index < -0.39 is 0 Å². The molecule has 3 aromatic rings. The molecule has 1 fully saturated rings. The minimum absolute atomic E-state index is 0.0613. The number of carbonyl (C=O) groups is 1. The van der Waals surface area contributed by atoms with Crippen LogP contribution in [0.25, 0.3) is 5.69 Å². The highest BCUT2D eigenvalue weighted by atomic mass is 32.2. The monoisotopic (exact) mass is 453 g/mol. The van der Waals surface area contributed by atoms with Gasteiger partial charge in [-0.1, -0.05) is 42.1 Å². The molecule has 9 heteroatoms. The van der Waals surface area contributed by atoms with Gasteiger partial charge in [0, 0.05) is 26.2 Å². The number of ether oxygens (including phenoxy) is 1. The lowest BCUT2D eigenvalue weighted by molar-refractivity contribution is -0.129. The summed E-state index contributed by atoms with van der Waals surface area (Å²) in [4.78, 5) is 16.9. The van der Waals surface area contributed by atoms with Gasteiger partial charge < -0.3 is 14.5 Å². The number of amides is 1. The van der Waals surface area contributed by atoms with Crippen LogP contribution >= 0.6 is 11.8 Å². The molecule has 0 unspecified atom stereocenters. The lowest BCUT2D eigenvalue weighted by Crippen LogP contribution is -2.38. The average Bonchev–Trinajstić information content (AvgIpc) is 3.27. The Labute approximate surface area is 190 Å². The molecular weight excluding hydrogens is 429 g/mol. The summed E-state index contributed by atoms with van der Waals surface area (Å²) in [5, 5.41) is 9.30. The van der Waals surface area contributed by atoms with Gasteiger partial charge in [-0.2, -0.15) is 0 Å². The molecule has 166 valence electrons. The number of nitrogens with zero attached hydrogens (tertiary/aromatic N) is 5. The molecule has 7 nitrogen and oxygen atoms in total. The van der Waals surface area contributed by atoms with Crippen molar-refractivity contribution in [1.82, 2.24) is 19.7 Å². The molecule has 0 spiro atoms. The lowest BCUT2D eigenvalue weighted by Gasteiger charge is -2.29. The molecule has 0 atom stereocenters. The third-order valence-electron chi connectivity index (χ3n) is 5.78.